The Bertz CT molecular complexity index is 928. The molecule has 26 heavy (non-hydrogen) atoms. The SMILES string of the molecule is Nc1ccc(-c2ccc(-c3ccc(N)c(C(=O)O)c3)cc2)cc1C(=O)O. The third kappa shape index (κ3) is 3.21. The van der Waals surface area contributed by atoms with Crippen LogP contribution in [0.1, 0.15) is 20.7 Å². The molecule has 0 aromatic heterocycles. The predicted molar refractivity (Wildman–Crippen MR) is 100 cm³/mol. The van der Waals surface area contributed by atoms with Crippen LogP contribution in [0.2, 0.25) is 0 Å². The second kappa shape index (κ2) is 6.60. The van der Waals surface area contributed by atoms with Gasteiger partial charge in [-0.15, -0.1) is 0 Å². The maximum Gasteiger partial charge on any atom is 0.337 e. The minimum absolute atomic E-state index is 0.0520. The van der Waals surface area contributed by atoms with E-state index in [4.69, 9.17) is 11.5 Å². The number of benzene rings is 3. The first-order valence-corrected chi connectivity index (χ1v) is 7.73. The van der Waals surface area contributed by atoms with E-state index in [-0.39, 0.29) is 22.5 Å². The lowest BCUT2D eigenvalue weighted by Gasteiger charge is -2.09. The van der Waals surface area contributed by atoms with Crippen LogP contribution in [-0.2, 0) is 0 Å². The molecule has 130 valence electrons. The Morgan fingerprint density at radius 1 is 0.577 bits per heavy atom. The molecule has 0 bridgehead atoms. The minimum atomic E-state index is -1.08. The van der Waals surface area contributed by atoms with Gasteiger partial charge in [0, 0.05) is 11.4 Å². The van der Waals surface area contributed by atoms with Gasteiger partial charge in [-0.1, -0.05) is 36.4 Å². The van der Waals surface area contributed by atoms with Gasteiger partial charge in [-0.3, -0.25) is 0 Å². The maximum atomic E-state index is 11.2. The van der Waals surface area contributed by atoms with E-state index in [1.165, 1.54) is 12.1 Å². The number of nitrogen functional groups attached to an aromatic ring is 2. The average molecular weight is 348 g/mol. The molecule has 0 unspecified atom stereocenters. The van der Waals surface area contributed by atoms with Gasteiger partial charge in [-0.05, 0) is 46.5 Å². The van der Waals surface area contributed by atoms with Gasteiger partial charge in [0.25, 0.3) is 0 Å². The van der Waals surface area contributed by atoms with Crippen LogP contribution in [0.15, 0.2) is 60.7 Å². The van der Waals surface area contributed by atoms with E-state index in [1.54, 1.807) is 24.3 Å². The highest BCUT2D eigenvalue weighted by molar-refractivity contribution is 5.96. The van der Waals surface area contributed by atoms with Crippen LogP contribution in [-0.4, -0.2) is 22.2 Å². The number of carboxylic acids is 2. The standard InChI is InChI=1S/C20H16N2O4/c21-17-7-5-13(9-15(17)19(23)24)11-1-2-12(4-3-11)14-6-8-18(22)16(10-14)20(25)26/h1-10H,21-22H2,(H,23,24)(H,25,26). The van der Waals surface area contributed by atoms with Crippen molar-refractivity contribution in [2.45, 2.75) is 0 Å². The topological polar surface area (TPSA) is 127 Å². The zero-order valence-electron chi connectivity index (χ0n) is 13.6. The lowest BCUT2D eigenvalue weighted by Crippen LogP contribution is -2.02. The van der Waals surface area contributed by atoms with Gasteiger partial charge >= 0.3 is 11.9 Å². The first kappa shape index (κ1) is 17.0. The molecule has 6 N–H and O–H groups in total. The van der Waals surface area contributed by atoms with Crippen molar-refractivity contribution in [2.24, 2.45) is 0 Å². The van der Waals surface area contributed by atoms with Gasteiger partial charge in [0.2, 0.25) is 0 Å². The van der Waals surface area contributed by atoms with Crippen LogP contribution in [0, 0.1) is 0 Å². The number of anilines is 2. The van der Waals surface area contributed by atoms with Gasteiger partial charge < -0.3 is 21.7 Å². The fourth-order valence-electron chi connectivity index (χ4n) is 2.70. The number of carboxylic acid groups (broad SMARTS) is 2. The van der Waals surface area contributed by atoms with E-state index in [9.17, 15) is 19.8 Å². The highest BCUT2D eigenvalue weighted by Gasteiger charge is 2.11. The third-order valence-corrected chi connectivity index (χ3v) is 4.12. The Hall–Kier alpha value is -3.80. The van der Waals surface area contributed by atoms with E-state index in [2.05, 4.69) is 0 Å². The van der Waals surface area contributed by atoms with E-state index in [0.29, 0.717) is 0 Å². The third-order valence-electron chi connectivity index (χ3n) is 4.12. The largest absolute Gasteiger partial charge is 0.478 e. The zero-order chi connectivity index (χ0) is 18.8. The smallest absolute Gasteiger partial charge is 0.337 e. The quantitative estimate of drug-likeness (QED) is 0.534. The summed E-state index contributed by atoms with van der Waals surface area (Å²) in [6, 6.07) is 17.0. The molecule has 3 aromatic rings. The van der Waals surface area contributed by atoms with Crippen LogP contribution in [0.3, 0.4) is 0 Å². The van der Waals surface area contributed by atoms with Gasteiger partial charge in [0.1, 0.15) is 0 Å². The molecule has 0 aliphatic heterocycles. The number of hydrogen-bond donors (Lipinski definition) is 4. The molecule has 0 heterocycles. The van der Waals surface area contributed by atoms with Gasteiger partial charge in [-0.2, -0.15) is 0 Å². The maximum absolute atomic E-state index is 11.2. The van der Waals surface area contributed by atoms with Crippen molar-refractivity contribution in [3.05, 3.63) is 71.8 Å². The van der Waals surface area contributed by atoms with Gasteiger partial charge in [-0.25, -0.2) is 9.59 Å². The molecule has 3 aromatic carbocycles. The van der Waals surface area contributed by atoms with Crippen molar-refractivity contribution >= 4 is 23.3 Å². The Kier molecular flexibility index (Phi) is 4.33. The van der Waals surface area contributed by atoms with E-state index in [0.717, 1.165) is 22.3 Å². The molecule has 0 aliphatic carbocycles. The van der Waals surface area contributed by atoms with Crippen LogP contribution in [0.5, 0.6) is 0 Å². The highest BCUT2D eigenvalue weighted by atomic mass is 16.4. The van der Waals surface area contributed by atoms with Crippen molar-refractivity contribution in [3.63, 3.8) is 0 Å². The molecule has 0 spiro atoms. The summed E-state index contributed by atoms with van der Waals surface area (Å²) in [6.45, 7) is 0. The summed E-state index contributed by atoms with van der Waals surface area (Å²) in [6.07, 6.45) is 0. The highest BCUT2D eigenvalue weighted by Crippen LogP contribution is 2.28. The molecule has 0 saturated heterocycles. The average Bonchev–Trinajstić information content (AvgIpc) is 2.62. The Morgan fingerprint density at radius 2 is 0.885 bits per heavy atom. The molecule has 0 atom stereocenters. The normalized spacial score (nSPS) is 10.5. The molecular weight excluding hydrogens is 332 g/mol. The van der Waals surface area contributed by atoms with Crippen molar-refractivity contribution in [1.29, 1.82) is 0 Å². The number of nitrogens with two attached hydrogens (primary N) is 2. The summed E-state index contributed by atoms with van der Waals surface area (Å²) in [5.41, 5.74) is 15.0. The molecule has 3 rings (SSSR count). The second-order valence-electron chi connectivity index (χ2n) is 5.79. The van der Waals surface area contributed by atoms with Crippen LogP contribution in [0.4, 0.5) is 11.4 Å². The van der Waals surface area contributed by atoms with Crippen LogP contribution < -0.4 is 11.5 Å². The molecule has 0 aliphatic rings. The Labute approximate surface area is 149 Å². The van der Waals surface area contributed by atoms with Crippen LogP contribution >= 0.6 is 0 Å². The summed E-state index contributed by atoms with van der Waals surface area (Å²) in [4.78, 5) is 22.4. The Morgan fingerprint density at radius 3 is 1.19 bits per heavy atom. The Balaban J connectivity index is 1.97. The summed E-state index contributed by atoms with van der Waals surface area (Å²) in [5.74, 6) is -2.16. The summed E-state index contributed by atoms with van der Waals surface area (Å²) in [5, 5.41) is 18.4. The number of hydrogen-bond acceptors (Lipinski definition) is 4. The monoisotopic (exact) mass is 348 g/mol. The molecule has 0 radical (unpaired) electrons. The van der Waals surface area contributed by atoms with Crippen molar-refractivity contribution in [3.8, 4) is 22.3 Å². The lowest BCUT2D eigenvalue weighted by atomic mass is 9.97. The molecule has 0 saturated carbocycles. The van der Waals surface area contributed by atoms with E-state index < -0.39 is 11.9 Å². The molecule has 6 heteroatoms. The van der Waals surface area contributed by atoms with Gasteiger partial charge in [0.15, 0.2) is 0 Å². The second-order valence-corrected chi connectivity index (χ2v) is 5.79. The molecular formula is C20H16N2O4. The number of aromatic carboxylic acids is 2. The van der Waals surface area contributed by atoms with Crippen molar-refractivity contribution in [2.75, 3.05) is 11.5 Å². The summed E-state index contributed by atoms with van der Waals surface area (Å²) in [7, 11) is 0. The summed E-state index contributed by atoms with van der Waals surface area (Å²) >= 11 is 0. The van der Waals surface area contributed by atoms with Crippen LogP contribution in [0.25, 0.3) is 22.3 Å². The number of carbonyl (C=O) groups is 2. The lowest BCUT2D eigenvalue weighted by molar-refractivity contribution is 0.0687. The fourth-order valence-corrected chi connectivity index (χ4v) is 2.70. The first-order valence-electron chi connectivity index (χ1n) is 7.73. The minimum Gasteiger partial charge on any atom is -0.478 e. The molecule has 0 amide bonds. The first-order chi connectivity index (χ1) is 12.4. The van der Waals surface area contributed by atoms with Crippen molar-refractivity contribution in [1.82, 2.24) is 0 Å². The van der Waals surface area contributed by atoms with E-state index in [1.807, 2.05) is 24.3 Å². The molecule has 0 fully saturated rings. The number of rotatable bonds is 4. The molecule has 6 nitrogen and oxygen atoms in total. The van der Waals surface area contributed by atoms with Crippen molar-refractivity contribution < 1.29 is 19.8 Å². The predicted octanol–water partition coefficient (Wildman–Crippen LogP) is 3.58. The fraction of sp³-hybridized carbons (Fsp3) is 0. The summed E-state index contributed by atoms with van der Waals surface area (Å²) < 4.78 is 0. The van der Waals surface area contributed by atoms with E-state index >= 15 is 0 Å². The zero-order valence-corrected chi connectivity index (χ0v) is 13.6. The van der Waals surface area contributed by atoms with Gasteiger partial charge in [0.05, 0.1) is 11.1 Å².